The molecule has 0 aliphatic rings. The number of halogens is 6. The van der Waals surface area contributed by atoms with Crippen LogP contribution in [0.25, 0.3) is 81.1 Å². The summed E-state index contributed by atoms with van der Waals surface area (Å²) in [6.07, 6.45) is 0. The molecule has 3 N–H and O–H groups in total. The van der Waals surface area contributed by atoms with E-state index in [-0.39, 0.29) is 50.9 Å². The number of H-pyrrole nitrogens is 3. The number of hydrogen-bond acceptors (Lipinski definition) is 9. The first kappa shape index (κ1) is 42.0. The lowest BCUT2D eigenvalue weighted by atomic mass is 10.2. The van der Waals surface area contributed by atoms with Crippen LogP contribution in [0.3, 0.4) is 0 Å². The summed E-state index contributed by atoms with van der Waals surface area (Å²) in [5, 5.41) is 26.0. The summed E-state index contributed by atoms with van der Waals surface area (Å²) in [4.78, 5) is 26.5. The lowest BCUT2D eigenvalue weighted by Crippen LogP contribution is -3.00. The minimum absolute atomic E-state index is 0. The maximum absolute atomic E-state index is 4.70. The maximum Gasteiger partial charge on any atom is 0.410 e. The molecule has 0 saturated carbocycles. The Morgan fingerprint density at radius 1 is 0.439 bits per heavy atom. The van der Waals surface area contributed by atoms with Crippen LogP contribution in [0, 0.1) is 0 Å². The fourth-order valence-electron chi connectivity index (χ4n) is 6.31. The van der Waals surface area contributed by atoms with E-state index in [1.165, 1.54) is 0 Å². The largest absolute Gasteiger partial charge is 1.00 e. The highest BCUT2D eigenvalue weighted by atomic mass is 79.9. The number of nitrogens with zero attached hydrogens (tertiary/aromatic N) is 9. The van der Waals surface area contributed by atoms with Gasteiger partial charge in [-0.1, -0.05) is 131 Å². The number of aromatic nitrogens is 12. The molecule has 0 amide bonds. The number of aromatic amines is 3. The van der Waals surface area contributed by atoms with E-state index >= 15 is 0 Å². The fourth-order valence-corrected chi connectivity index (χ4v) is 10.6. The lowest BCUT2D eigenvalue weighted by Gasteiger charge is -1.88. The molecule has 57 heavy (non-hydrogen) atoms. The van der Waals surface area contributed by atoms with Crippen molar-refractivity contribution in [2.24, 2.45) is 0 Å². The van der Waals surface area contributed by atoms with E-state index in [0.717, 1.165) is 114 Å². The van der Waals surface area contributed by atoms with Crippen molar-refractivity contribution in [2.45, 2.75) is 16.0 Å². The quantitative estimate of drug-likeness (QED) is 0.161. The van der Waals surface area contributed by atoms with Crippen LogP contribution < -0.4 is 64.5 Å². The minimum atomic E-state index is 0. The average Bonchev–Trinajstić information content (AvgIpc) is 4.07. The molecule has 12 rings (SSSR count). The van der Waals surface area contributed by atoms with Crippen LogP contribution in [0.15, 0.2) is 88.9 Å². The first-order chi connectivity index (χ1) is 26.6. The standard InChI is InChI=1S/3C12H7BrN4S.3BrH/c3*13-5-7-6-18-12-15-11-10(16-17(7)12)8-3-1-2-4-9(8)14-11;;;/h3*1-4,6H,5H2;3*1H. The van der Waals surface area contributed by atoms with Gasteiger partial charge in [0.1, 0.15) is 0 Å². The van der Waals surface area contributed by atoms with E-state index in [4.69, 9.17) is 15.3 Å². The van der Waals surface area contributed by atoms with Gasteiger partial charge in [-0.15, -0.1) is 0 Å². The molecule has 0 aliphatic heterocycles. The summed E-state index contributed by atoms with van der Waals surface area (Å²) >= 11 is 15.2. The van der Waals surface area contributed by atoms with Gasteiger partial charge in [-0.2, -0.15) is 0 Å². The molecule has 0 atom stereocenters. The smallest absolute Gasteiger partial charge is 0.410 e. The third-order valence-corrected chi connectivity index (χ3v) is 13.2. The summed E-state index contributed by atoms with van der Waals surface area (Å²) in [5.74, 6) is 0. The van der Waals surface area contributed by atoms with Crippen molar-refractivity contribution >= 4 is 163 Å². The number of hydrogen-bond donors (Lipinski definition) is 3. The SMILES string of the molecule is BrCc1csc2nc3[nH]c4ccccc4c3n[n+]12.BrCc1csc2nc3[nH]c4ccccc4c3n[n+]12.BrCc1csc2nc3[nH]c4ccccc4c3n[n+]12.[Br-].[Br-].[Br-]. The Balaban J connectivity index is 0.000000127. The van der Waals surface area contributed by atoms with Gasteiger partial charge >= 0.3 is 14.9 Å². The Morgan fingerprint density at radius 3 is 1.00 bits per heavy atom. The molecule has 21 heteroatoms. The molecule has 0 bridgehead atoms. The molecule has 12 aromatic rings. The van der Waals surface area contributed by atoms with E-state index in [0.29, 0.717) is 0 Å². The zero-order chi connectivity index (χ0) is 36.3. The fraction of sp³-hybridized carbons (Fsp3) is 0.0833. The Labute approximate surface area is 390 Å². The second kappa shape index (κ2) is 17.6. The molecule has 288 valence electrons. The number of benzene rings is 3. The van der Waals surface area contributed by atoms with Gasteiger partial charge in [0, 0.05) is 32.3 Å². The van der Waals surface area contributed by atoms with Crippen LogP contribution >= 0.6 is 81.8 Å². The normalized spacial score (nSPS) is 11.2. The maximum atomic E-state index is 4.70. The summed E-state index contributed by atoms with van der Waals surface area (Å²) in [5.41, 5.74) is 11.9. The Morgan fingerprint density at radius 2 is 0.719 bits per heavy atom. The molecule has 0 radical (unpaired) electrons. The molecule has 3 aromatic carbocycles. The topological polar surface area (TPSA) is 137 Å². The molecule has 9 aromatic heterocycles. The molecule has 0 aliphatic carbocycles. The zero-order valence-corrected chi connectivity index (χ0v) is 40.8. The molecule has 0 fully saturated rings. The Bertz CT molecular complexity index is 3000. The number of rotatable bonds is 3. The molecular formula is C36H24Br6N12S3. The second-order valence-corrected chi connectivity index (χ2v) is 16.3. The number of para-hydroxylation sites is 3. The van der Waals surface area contributed by atoms with Crippen LogP contribution in [0.1, 0.15) is 17.1 Å². The van der Waals surface area contributed by atoms with E-state index in [2.05, 4.69) is 112 Å². The van der Waals surface area contributed by atoms with Crippen molar-refractivity contribution in [1.82, 2.24) is 45.2 Å². The highest BCUT2D eigenvalue weighted by Gasteiger charge is 2.22. The van der Waals surface area contributed by atoms with Crippen molar-refractivity contribution in [1.29, 1.82) is 0 Å². The first-order valence-corrected chi connectivity index (χ1v) is 22.5. The highest BCUT2D eigenvalue weighted by Crippen LogP contribution is 2.25. The van der Waals surface area contributed by atoms with E-state index in [1.54, 1.807) is 34.0 Å². The summed E-state index contributed by atoms with van der Waals surface area (Å²) in [6.45, 7) is 0. The van der Waals surface area contributed by atoms with Crippen molar-refractivity contribution in [3.63, 3.8) is 0 Å². The molecular weight excluding hydrogens is 1180 g/mol. The Kier molecular flexibility index (Phi) is 13.0. The summed E-state index contributed by atoms with van der Waals surface area (Å²) in [6, 6.07) is 24.4. The first-order valence-electron chi connectivity index (χ1n) is 16.5. The number of fused-ring (bicyclic) bond motifs is 12. The van der Waals surface area contributed by atoms with Gasteiger partial charge in [-0.3, -0.25) is 0 Å². The van der Waals surface area contributed by atoms with Gasteiger partial charge < -0.3 is 65.9 Å². The van der Waals surface area contributed by atoms with Gasteiger partial charge in [-0.05, 0) is 67.2 Å². The van der Waals surface area contributed by atoms with Crippen molar-refractivity contribution in [3.05, 3.63) is 106 Å². The van der Waals surface area contributed by atoms with E-state index in [9.17, 15) is 0 Å². The Hall–Kier alpha value is -3.15. The van der Waals surface area contributed by atoms with Crippen LogP contribution in [0.5, 0.6) is 0 Å². The second-order valence-electron chi connectivity index (χ2n) is 12.1. The summed E-state index contributed by atoms with van der Waals surface area (Å²) < 4.78 is 5.71. The molecule has 12 nitrogen and oxygen atoms in total. The van der Waals surface area contributed by atoms with Crippen LogP contribution in [0.4, 0.5) is 0 Å². The molecule has 0 unspecified atom stereocenters. The number of thiazole rings is 3. The number of alkyl halides is 3. The van der Waals surface area contributed by atoms with Gasteiger partial charge in [0.2, 0.25) is 0 Å². The molecule has 0 saturated heterocycles. The third kappa shape index (κ3) is 7.51. The minimum Gasteiger partial charge on any atom is -1.00 e. The predicted octanol–water partition coefficient (Wildman–Crippen LogP) is -0.569. The van der Waals surface area contributed by atoms with Crippen LogP contribution in [-0.2, 0) is 16.0 Å². The van der Waals surface area contributed by atoms with Crippen molar-refractivity contribution < 1.29 is 64.5 Å². The number of nitrogens with one attached hydrogen (secondary N) is 3. The van der Waals surface area contributed by atoms with Crippen molar-refractivity contribution in [2.75, 3.05) is 0 Å². The van der Waals surface area contributed by atoms with Gasteiger partial charge in [-0.25, -0.2) is 0 Å². The molecule has 0 spiro atoms. The van der Waals surface area contributed by atoms with E-state index in [1.807, 2.05) is 68.1 Å². The lowest BCUT2D eigenvalue weighted by molar-refractivity contribution is -0.583. The third-order valence-electron chi connectivity index (χ3n) is 8.87. The van der Waals surface area contributed by atoms with Crippen LogP contribution in [0.2, 0.25) is 0 Å². The molecule has 9 heterocycles. The zero-order valence-electron chi connectivity index (χ0n) is 28.8. The van der Waals surface area contributed by atoms with Crippen LogP contribution in [-0.4, -0.2) is 45.2 Å². The summed E-state index contributed by atoms with van der Waals surface area (Å²) in [7, 11) is 0. The predicted molar refractivity (Wildman–Crippen MR) is 225 cm³/mol. The van der Waals surface area contributed by atoms with Crippen molar-refractivity contribution in [3.8, 4) is 0 Å². The van der Waals surface area contributed by atoms with Gasteiger partial charge in [0.05, 0.1) is 32.5 Å². The van der Waals surface area contributed by atoms with Gasteiger partial charge in [0.25, 0.3) is 16.9 Å². The monoisotopic (exact) mass is 1190 g/mol. The van der Waals surface area contributed by atoms with Gasteiger partial charge in [0.15, 0.2) is 33.6 Å². The van der Waals surface area contributed by atoms with E-state index < -0.39 is 0 Å². The highest BCUT2D eigenvalue weighted by molar-refractivity contribution is 9.09. The average molecular weight is 1200 g/mol.